The molecule has 2 aromatic carbocycles. The summed E-state index contributed by atoms with van der Waals surface area (Å²) in [6.07, 6.45) is 0.689. The van der Waals surface area contributed by atoms with Gasteiger partial charge in [-0.2, -0.15) is 0 Å². The zero-order chi connectivity index (χ0) is 15.8. The molecule has 0 radical (unpaired) electrons. The van der Waals surface area contributed by atoms with Crippen molar-refractivity contribution >= 4 is 34.0 Å². The Bertz CT molecular complexity index is 643. The lowest BCUT2D eigenvalue weighted by Crippen LogP contribution is -2.12. The van der Waals surface area contributed by atoms with Crippen LogP contribution >= 0.6 is 15.9 Å². The molecule has 0 aromatic heterocycles. The van der Waals surface area contributed by atoms with Crippen LogP contribution in [0.3, 0.4) is 0 Å². The molecule has 0 heterocycles. The highest BCUT2D eigenvalue weighted by Gasteiger charge is 2.06. The molecule has 6 heteroatoms. The van der Waals surface area contributed by atoms with E-state index < -0.39 is 5.97 Å². The Hall–Kier alpha value is -2.34. The van der Waals surface area contributed by atoms with Gasteiger partial charge in [-0.05, 0) is 36.4 Å². The predicted molar refractivity (Wildman–Crippen MR) is 86.0 cm³/mol. The van der Waals surface area contributed by atoms with E-state index in [9.17, 15) is 9.59 Å². The van der Waals surface area contributed by atoms with E-state index in [0.29, 0.717) is 23.6 Å². The van der Waals surface area contributed by atoms with Crippen LogP contribution in [0.5, 0.6) is 11.5 Å². The minimum absolute atomic E-state index is 0.126. The number of carbonyl (C=O) groups excluding carboxylic acids is 2. The fraction of sp³-hybridized carbons (Fsp3) is 0.125. The molecule has 0 aliphatic heterocycles. The molecule has 0 saturated carbocycles. The van der Waals surface area contributed by atoms with Crippen LogP contribution in [0, 0.1) is 0 Å². The van der Waals surface area contributed by atoms with Gasteiger partial charge < -0.3 is 14.8 Å². The van der Waals surface area contributed by atoms with Crippen molar-refractivity contribution in [3.63, 3.8) is 0 Å². The summed E-state index contributed by atoms with van der Waals surface area (Å²) >= 11 is 3.33. The molecule has 2 rings (SSSR count). The summed E-state index contributed by atoms with van der Waals surface area (Å²) in [5.74, 6) is 0.661. The zero-order valence-electron chi connectivity index (χ0n) is 11.6. The van der Waals surface area contributed by atoms with Crippen molar-refractivity contribution in [2.75, 3.05) is 11.9 Å². The minimum atomic E-state index is -0.402. The van der Waals surface area contributed by atoms with Crippen molar-refractivity contribution in [1.82, 2.24) is 0 Å². The van der Waals surface area contributed by atoms with Gasteiger partial charge >= 0.3 is 5.97 Å². The molecule has 0 unspecified atom stereocenters. The third-order valence-electron chi connectivity index (χ3n) is 2.68. The average molecular weight is 364 g/mol. The minimum Gasteiger partial charge on any atom is -0.493 e. The maximum atomic E-state index is 11.7. The van der Waals surface area contributed by atoms with Crippen LogP contribution in [0.2, 0.25) is 0 Å². The number of esters is 1. The second-order valence-corrected chi connectivity index (χ2v) is 5.23. The van der Waals surface area contributed by atoms with E-state index in [1.165, 1.54) is 0 Å². The zero-order valence-corrected chi connectivity index (χ0v) is 13.2. The van der Waals surface area contributed by atoms with Gasteiger partial charge in [0.05, 0.1) is 13.0 Å². The van der Waals surface area contributed by atoms with Gasteiger partial charge in [-0.25, -0.2) is 0 Å². The van der Waals surface area contributed by atoms with Gasteiger partial charge in [-0.1, -0.05) is 22.0 Å². The Morgan fingerprint density at radius 3 is 2.64 bits per heavy atom. The number of ether oxygens (including phenoxy) is 2. The molecule has 5 nitrogen and oxygen atoms in total. The Morgan fingerprint density at radius 1 is 1.14 bits per heavy atom. The van der Waals surface area contributed by atoms with E-state index in [0.717, 1.165) is 4.47 Å². The average Bonchev–Trinajstić information content (AvgIpc) is 2.50. The van der Waals surface area contributed by atoms with E-state index in [2.05, 4.69) is 21.2 Å². The summed E-state index contributed by atoms with van der Waals surface area (Å²) in [5.41, 5.74) is 0.561. The standard InChI is InChI=1S/C16H14BrNO4/c17-12-4-6-14(7-5-12)21-9-8-16(20)22-15-3-1-2-13(10-15)18-11-19/h1-7,10-11H,8-9H2,(H,18,19). The Kier molecular flexibility index (Phi) is 5.97. The van der Waals surface area contributed by atoms with Crippen molar-refractivity contribution in [2.24, 2.45) is 0 Å². The lowest BCUT2D eigenvalue weighted by molar-refractivity contribution is -0.134. The first-order valence-corrected chi connectivity index (χ1v) is 7.36. The van der Waals surface area contributed by atoms with E-state index in [1.54, 1.807) is 24.3 Å². The second-order valence-electron chi connectivity index (χ2n) is 4.32. The Labute approximate surface area is 136 Å². The SMILES string of the molecule is O=CNc1cccc(OC(=O)CCOc2ccc(Br)cc2)c1. The first kappa shape index (κ1) is 16.0. The number of halogens is 1. The van der Waals surface area contributed by atoms with Crippen LogP contribution in [0.15, 0.2) is 53.0 Å². The van der Waals surface area contributed by atoms with Crippen molar-refractivity contribution in [1.29, 1.82) is 0 Å². The summed E-state index contributed by atoms with van der Waals surface area (Å²) in [5, 5.41) is 2.49. The van der Waals surface area contributed by atoms with Crippen LogP contribution in [-0.2, 0) is 9.59 Å². The number of amides is 1. The fourth-order valence-electron chi connectivity index (χ4n) is 1.68. The van der Waals surface area contributed by atoms with Gasteiger partial charge in [-0.3, -0.25) is 9.59 Å². The molecular weight excluding hydrogens is 350 g/mol. The van der Waals surface area contributed by atoms with E-state index >= 15 is 0 Å². The van der Waals surface area contributed by atoms with Crippen LogP contribution < -0.4 is 14.8 Å². The highest BCUT2D eigenvalue weighted by atomic mass is 79.9. The van der Waals surface area contributed by atoms with Crippen LogP contribution in [-0.4, -0.2) is 19.0 Å². The lowest BCUT2D eigenvalue weighted by Gasteiger charge is -2.07. The largest absolute Gasteiger partial charge is 0.493 e. The molecule has 1 amide bonds. The summed E-state index contributed by atoms with van der Waals surface area (Å²) in [6, 6.07) is 13.9. The predicted octanol–water partition coefficient (Wildman–Crippen LogP) is 3.39. The molecule has 0 atom stereocenters. The third kappa shape index (κ3) is 5.21. The lowest BCUT2D eigenvalue weighted by atomic mass is 10.3. The Morgan fingerprint density at radius 2 is 1.91 bits per heavy atom. The molecule has 1 N–H and O–H groups in total. The summed E-state index contributed by atoms with van der Waals surface area (Å²) < 4.78 is 11.6. The highest BCUT2D eigenvalue weighted by Crippen LogP contribution is 2.18. The van der Waals surface area contributed by atoms with Crippen LogP contribution in [0.1, 0.15) is 6.42 Å². The summed E-state index contributed by atoms with van der Waals surface area (Å²) in [7, 11) is 0. The van der Waals surface area contributed by atoms with Gasteiger partial charge in [0.25, 0.3) is 0 Å². The topological polar surface area (TPSA) is 64.6 Å². The molecule has 0 saturated heterocycles. The van der Waals surface area contributed by atoms with E-state index in [1.807, 2.05) is 24.3 Å². The molecule has 0 fully saturated rings. The maximum Gasteiger partial charge on any atom is 0.314 e. The van der Waals surface area contributed by atoms with Gasteiger partial charge in [0.1, 0.15) is 11.5 Å². The van der Waals surface area contributed by atoms with Gasteiger partial charge in [-0.15, -0.1) is 0 Å². The summed E-state index contributed by atoms with van der Waals surface area (Å²) in [4.78, 5) is 22.1. The van der Waals surface area contributed by atoms with Gasteiger partial charge in [0.2, 0.25) is 6.41 Å². The number of nitrogens with one attached hydrogen (secondary N) is 1. The van der Waals surface area contributed by atoms with Crippen LogP contribution in [0.4, 0.5) is 5.69 Å². The first-order chi connectivity index (χ1) is 10.7. The number of hydrogen-bond acceptors (Lipinski definition) is 4. The first-order valence-electron chi connectivity index (χ1n) is 6.56. The number of benzene rings is 2. The van der Waals surface area contributed by atoms with Crippen molar-refractivity contribution < 1.29 is 19.1 Å². The number of hydrogen-bond donors (Lipinski definition) is 1. The third-order valence-corrected chi connectivity index (χ3v) is 3.21. The van der Waals surface area contributed by atoms with Crippen molar-refractivity contribution in [3.05, 3.63) is 53.0 Å². The second kappa shape index (κ2) is 8.19. The quantitative estimate of drug-likeness (QED) is 0.465. The smallest absolute Gasteiger partial charge is 0.314 e. The molecule has 114 valence electrons. The van der Waals surface area contributed by atoms with Gasteiger partial charge in [0.15, 0.2) is 0 Å². The number of rotatable bonds is 7. The van der Waals surface area contributed by atoms with Crippen molar-refractivity contribution in [2.45, 2.75) is 6.42 Å². The number of carbonyl (C=O) groups is 2. The molecular formula is C16H14BrNO4. The van der Waals surface area contributed by atoms with Crippen molar-refractivity contribution in [3.8, 4) is 11.5 Å². The van der Waals surface area contributed by atoms with E-state index in [-0.39, 0.29) is 13.0 Å². The molecule has 0 aliphatic rings. The maximum absolute atomic E-state index is 11.7. The highest BCUT2D eigenvalue weighted by molar-refractivity contribution is 9.10. The molecule has 0 bridgehead atoms. The van der Waals surface area contributed by atoms with E-state index in [4.69, 9.17) is 9.47 Å². The molecule has 22 heavy (non-hydrogen) atoms. The molecule has 2 aromatic rings. The van der Waals surface area contributed by atoms with Crippen LogP contribution in [0.25, 0.3) is 0 Å². The van der Waals surface area contributed by atoms with Gasteiger partial charge in [0, 0.05) is 16.2 Å². The summed E-state index contributed by atoms with van der Waals surface area (Å²) in [6.45, 7) is 0.229. The monoisotopic (exact) mass is 363 g/mol. The fourth-order valence-corrected chi connectivity index (χ4v) is 1.95. The normalized spacial score (nSPS) is 9.86. The molecule has 0 aliphatic carbocycles. The Balaban J connectivity index is 1.79. The molecule has 0 spiro atoms. The number of anilines is 1.